The fourth-order valence-corrected chi connectivity index (χ4v) is 3.62. The molecule has 148 valence electrons. The molecule has 0 heterocycles. The Bertz CT molecular complexity index is 976. The lowest BCUT2D eigenvalue weighted by Crippen LogP contribution is -2.50. The highest BCUT2D eigenvalue weighted by molar-refractivity contribution is 6.30. The lowest BCUT2D eigenvalue weighted by molar-refractivity contribution is -0.123. The third-order valence-corrected chi connectivity index (χ3v) is 5.17. The van der Waals surface area contributed by atoms with Crippen LogP contribution in [0.1, 0.15) is 34.5 Å². The van der Waals surface area contributed by atoms with Gasteiger partial charge in [0.2, 0.25) is 5.91 Å². The summed E-state index contributed by atoms with van der Waals surface area (Å²) in [6.45, 7) is 1.88. The van der Waals surface area contributed by atoms with E-state index < -0.39 is 18.0 Å². The fraction of sp³-hybridized carbons (Fsp3) is 0.167. The molecule has 0 saturated carbocycles. The minimum atomic E-state index is -0.806. The zero-order chi connectivity index (χ0) is 20.8. The molecule has 0 fully saturated rings. The molecule has 5 heteroatoms. The van der Waals surface area contributed by atoms with Gasteiger partial charge in [-0.1, -0.05) is 72.3 Å². The number of halogens is 1. The van der Waals surface area contributed by atoms with Crippen LogP contribution in [0.4, 0.5) is 0 Å². The number of amides is 2. The molecule has 0 radical (unpaired) electrons. The zero-order valence-electron chi connectivity index (χ0n) is 16.2. The predicted octanol–water partition coefficient (Wildman–Crippen LogP) is 4.64. The molecule has 0 unspecified atom stereocenters. The van der Waals surface area contributed by atoms with Crippen LogP contribution in [-0.4, -0.2) is 22.8 Å². The molecule has 3 aromatic carbocycles. The first kappa shape index (κ1) is 20.6. The quantitative estimate of drug-likeness (QED) is 0.621. The minimum Gasteiger partial charge on any atom is -0.368 e. The standard InChI is InChI=1S/C24H23ClN2O2/c1-17(20-13-8-14-21(25)16-20)27(24(29)19-11-6-3-7-12-19)22(23(26)28)15-18-9-4-2-5-10-18/h2-14,16-17,22H,15H2,1H3,(H2,26,28)/t17-,22+/m1/s1. The molecule has 3 rings (SSSR count). The first-order chi connectivity index (χ1) is 14.0. The number of primary amides is 1. The Kier molecular flexibility index (Phi) is 6.68. The Labute approximate surface area is 175 Å². The fourth-order valence-electron chi connectivity index (χ4n) is 3.42. The van der Waals surface area contributed by atoms with Crippen LogP contribution in [0.15, 0.2) is 84.9 Å². The molecule has 0 aromatic heterocycles. The molecule has 0 aliphatic heterocycles. The maximum atomic E-state index is 13.5. The number of nitrogens with zero attached hydrogens (tertiary/aromatic N) is 1. The van der Waals surface area contributed by atoms with Gasteiger partial charge in [0.15, 0.2) is 0 Å². The zero-order valence-corrected chi connectivity index (χ0v) is 16.9. The molecular formula is C24H23ClN2O2. The summed E-state index contributed by atoms with van der Waals surface area (Å²) in [6.07, 6.45) is 0.333. The van der Waals surface area contributed by atoms with Gasteiger partial charge < -0.3 is 10.6 Å². The maximum Gasteiger partial charge on any atom is 0.255 e. The first-order valence-corrected chi connectivity index (χ1v) is 9.81. The summed E-state index contributed by atoms with van der Waals surface area (Å²) in [5.74, 6) is -0.801. The van der Waals surface area contributed by atoms with E-state index in [-0.39, 0.29) is 5.91 Å². The third-order valence-electron chi connectivity index (χ3n) is 4.94. The molecule has 0 aliphatic rings. The number of carbonyl (C=O) groups excluding carboxylic acids is 2. The van der Waals surface area contributed by atoms with Crippen LogP contribution in [0.3, 0.4) is 0 Å². The van der Waals surface area contributed by atoms with Crippen LogP contribution >= 0.6 is 11.6 Å². The Hall–Kier alpha value is -3.11. The van der Waals surface area contributed by atoms with E-state index in [0.29, 0.717) is 17.0 Å². The molecule has 29 heavy (non-hydrogen) atoms. The van der Waals surface area contributed by atoms with Crippen LogP contribution in [0.5, 0.6) is 0 Å². The smallest absolute Gasteiger partial charge is 0.255 e. The second kappa shape index (κ2) is 9.39. The first-order valence-electron chi connectivity index (χ1n) is 9.44. The van der Waals surface area contributed by atoms with E-state index in [1.54, 1.807) is 41.3 Å². The highest BCUT2D eigenvalue weighted by atomic mass is 35.5. The Morgan fingerprint density at radius 2 is 1.55 bits per heavy atom. The SMILES string of the molecule is C[C@H](c1cccc(Cl)c1)N(C(=O)c1ccccc1)[C@@H](Cc1ccccc1)C(N)=O. The number of hydrogen-bond donors (Lipinski definition) is 1. The highest BCUT2D eigenvalue weighted by Crippen LogP contribution is 2.28. The molecule has 4 nitrogen and oxygen atoms in total. The van der Waals surface area contributed by atoms with Gasteiger partial charge in [-0.15, -0.1) is 0 Å². The van der Waals surface area contributed by atoms with Crippen molar-refractivity contribution in [2.75, 3.05) is 0 Å². The molecule has 0 aliphatic carbocycles. The van der Waals surface area contributed by atoms with Crippen molar-refractivity contribution in [1.29, 1.82) is 0 Å². The average molecular weight is 407 g/mol. The van der Waals surface area contributed by atoms with Crippen molar-refractivity contribution in [2.45, 2.75) is 25.4 Å². The topological polar surface area (TPSA) is 63.4 Å². The van der Waals surface area contributed by atoms with E-state index in [4.69, 9.17) is 17.3 Å². The van der Waals surface area contributed by atoms with Gasteiger partial charge >= 0.3 is 0 Å². The maximum absolute atomic E-state index is 13.5. The molecular weight excluding hydrogens is 384 g/mol. The van der Waals surface area contributed by atoms with E-state index in [1.165, 1.54) is 0 Å². The van der Waals surface area contributed by atoms with Gasteiger partial charge in [-0.3, -0.25) is 9.59 Å². The van der Waals surface area contributed by atoms with E-state index in [2.05, 4.69) is 0 Å². The molecule has 2 amide bonds. The van der Waals surface area contributed by atoms with Gasteiger partial charge in [0.05, 0.1) is 6.04 Å². The van der Waals surface area contributed by atoms with Crippen molar-refractivity contribution in [3.8, 4) is 0 Å². The molecule has 0 saturated heterocycles. The Balaban J connectivity index is 2.04. The van der Waals surface area contributed by atoms with Crippen LogP contribution in [-0.2, 0) is 11.2 Å². The predicted molar refractivity (Wildman–Crippen MR) is 116 cm³/mol. The number of nitrogens with two attached hydrogens (primary N) is 1. The molecule has 3 aromatic rings. The number of benzene rings is 3. The minimum absolute atomic E-state index is 0.252. The van der Waals surface area contributed by atoms with Crippen LogP contribution < -0.4 is 5.73 Å². The second-order valence-corrected chi connectivity index (χ2v) is 7.35. The summed E-state index contributed by atoms with van der Waals surface area (Å²) in [5.41, 5.74) is 8.05. The van der Waals surface area contributed by atoms with Crippen LogP contribution in [0, 0.1) is 0 Å². The van der Waals surface area contributed by atoms with Gasteiger partial charge in [-0.25, -0.2) is 0 Å². The Morgan fingerprint density at radius 3 is 2.14 bits per heavy atom. The van der Waals surface area contributed by atoms with Crippen molar-refractivity contribution >= 4 is 23.4 Å². The lowest BCUT2D eigenvalue weighted by atomic mass is 9.98. The summed E-state index contributed by atoms with van der Waals surface area (Å²) in [5, 5.41) is 0.570. The summed E-state index contributed by atoms with van der Waals surface area (Å²) < 4.78 is 0. The van der Waals surface area contributed by atoms with Crippen LogP contribution in [0.2, 0.25) is 5.02 Å². The van der Waals surface area contributed by atoms with Gasteiger partial charge in [0, 0.05) is 17.0 Å². The highest BCUT2D eigenvalue weighted by Gasteiger charge is 2.33. The lowest BCUT2D eigenvalue weighted by Gasteiger charge is -2.35. The molecule has 0 spiro atoms. The van der Waals surface area contributed by atoms with E-state index >= 15 is 0 Å². The monoisotopic (exact) mass is 406 g/mol. The van der Waals surface area contributed by atoms with E-state index in [1.807, 2.05) is 55.5 Å². The van der Waals surface area contributed by atoms with E-state index in [0.717, 1.165) is 11.1 Å². The third kappa shape index (κ3) is 5.04. The Morgan fingerprint density at radius 1 is 0.931 bits per heavy atom. The summed E-state index contributed by atoms with van der Waals surface area (Å²) in [4.78, 5) is 27.5. The van der Waals surface area contributed by atoms with Crippen molar-refractivity contribution < 1.29 is 9.59 Å². The van der Waals surface area contributed by atoms with Crippen molar-refractivity contribution in [3.05, 3.63) is 107 Å². The largest absolute Gasteiger partial charge is 0.368 e. The van der Waals surface area contributed by atoms with Gasteiger partial charge in [-0.2, -0.15) is 0 Å². The van der Waals surface area contributed by atoms with Crippen LogP contribution in [0.25, 0.3) is 0 Å². The average Bonchev–Trinajstić information content (AvgIpc) is 2.74. The van der Waals surface area contributed by atoms with Gasteiger partial charge in [-0.05, 0) is 42.3 Å². The van der Waals surface area contributed by atoms with Crippen molar-refractivity contribution in [1.82, 2.24) is 4.90 Å². The number of carbonyl (C=O) groups is 2. The molecule has 0 bridgehead atoms. The molecule has 2 atom stereocenters. The van der Waals surface area contributed by atoms with E-state index in [9.17, 15) is 9.59 Å². The number of rotatable bonds is 7. The molecule has 2 N–H and O–H groups in total. The summed E-state index contributed by atoms with van der Waals surface area (Å²) in [7, 11) is 0. The second-order valence-electron chi connectivity index (χ2n) is 6.92. The summed E-state index contributed by atoms with van der Waals surface area (Å²) in [6, 6.07) is 24.6. The van der Waals surface area contributed by atoms with Gasteiger partial charge in [0.25, 0.3) is 5.91 Å². The van der Waals surface area contributed by atoms with Crippen molar-refractivity contribution in [3.63, 3.8) is 0 Å². The van der Waals surface area contributed by atoms with Gasteiger partial charge in [0.1, 0.15) is 6.04 Å². The number of hydrogen-bond acceptors (Lipinski definition) is 2. The normalized spacial score (nSPS) is 12.8. The summed E-state index contributed by atoms with van der Waals surface area (Å²) >= 11 is 6.17. The van der Waals surface area contributed by atoms with Crippen molar-refractivity contribution in [2.24, 2.45) is 5.73 Å².